The quantitative estimate of drug-likeness (QED) is 0.272. The first-order valence-corrected chi connectivity index (χ1v) is 5.00. The highest BCUT2D eigenvalue weighted by atomic mass is 32.2. The normalized spacial score (nSPS) is 33.0. The van der Waals surface area contributed by atoms with Gasteiger partial charge in [-0.3, -0.25) is 0 Å². The summed E-state index contributed by atoms with van der Waals surface area (Å²) in [7, 11) is -3.51. The van der Waals surface area contributed by atoms with Crippen LogP contribution in [-0.4, -0.2) is 31.7 Å². The molecule has 4 N–H and O–H groups in total. The number of rotatable bonds is 1. The van der Waals surface area contributed by atoms with Gasteiger partial charge >= 0.3 is 0 Å². The molecule has 0 bridgehead atoms. The highest BCUT2D eigenvalue weighted by molar-refractivity contribution is 7.87. The third-order valence-corrected chi connectivity index (χ3v) is 2.79. The van der Waals surface area contributed by atoms with Crippen LogP contribution in [0.2, 0.25) is 0 Å². The van der Waals surface area contributed by atoms with Gasteiger partial charge in [0.2, 0.25) is 0 Å². The van der Waals surface area contributed by atoms with Crippen molar-refractivity contribution in [1.82, 2.24) is 20.1 Å². The van der Waals surface area contributed by atoms with Gasteiger partial charge < -0.3 is 10.6 Å². The monoisotopic (exact) mass is 222 g/mol. The lowest BCUT2D eigenvalue weighted by Crippen LogP contribution is -2.40. The van der Waals surface area contributed by atoms with Crippen LogP contribution in [0, 0.1) is 10.1 Å². The first kappa shape index (κ1) is 9.11. The molecule has 2 atom stereocenters. The van der Waals surface area contributed by atoms with Crippen molar-refractivity contribution in [2.75, 3.05) is 0 Å². The molecule has 0 spiro atoms. The van der Waals surface area contributed by atoms with Crippen LogP contribution < -0.4 is 20.1 Å². The van der Waals surface area contributed by atoms with E-state index in [9.17, 15) is 18.5 Å². The first-order chi connectivity index (χ1) is 6.46. The summed E-state index contributed by atoms with van der Waals surface area (Å²) >= 11 is 0. The predicted molar refractivity (Wildman–Crippen MR) is 43.5 cm³/mol. The maximum absolute atomic E-state index is 10.9. The third kappa shape index (κ3) is 1.59. The Kier molecular flexibility index (Phi) is 1.80. The van der Waals surface area contributed by atoms with Crippen LogP contribution in [0.1, 0.15) is 0 Å². The van der Waals surface area contributed by atoms with E-state index in [2.05, 4.69) is 25.2 Å². The average molecular weight is 222 g/mol. The number of nitrogens with zero attached hydrogens (tertiary/aromatic N) is 2. The average Bonchev–Trinajstić information content (AvgIpc) is 2.38. The largest absolute Gasteiger partial charge is 0.331 e. The molecule has 2 rings (SSSR count). The molecular formula is C3H6N6O4S. The Labute approximate surface area is 78.1 Å². The molecule has 2 heterocycles. The van der Waals surface area contributed by atoms with Crippen LogP contribution in [0.3, 0.4) is 0 Å². The Balaban J connectivity index is 2.11. The number of nitro groups is 1. The minimum atomic E-state index is -3.51. The summed E-state index contributed by atoms with van der Waals surface area (Å²) in [6.45, 7) is 0. The molecule has 2 aliphatic heterocycles. The van der Waals surface area contributed by atoms with E-state index in [1.165, 1.54) is 0 Å². The van der Waals surface area contributed by atoms with E-state index >= 15 is 0 Å². The standard InChI is InChI=1S/C3H6N6O4S/c10-9(11)6-3-4-1-2(5-3)8-14(12,13)7-1/h1-2,7-8H,(H2,4,5,6)/t1-,2-/m0/s1. The first-order valence-electron chi connectivity index (χ1n) is 3.52. The number of guanidine groups is 1. The lowest BCUT2D eigenvalue weighted by molar-refractivity contribution is -0.485. The molecule has 2 aliphatic rings. The molecule has 0 aromatic rings. The molecule has 2 fully saturated rings. The van der Waals surface area contributed by atoms with E-state index in [0.717, 1.165) is 0 Å². The molecule has 0 amide bonds. The Hall–Kier alpha value is -1.46. The Morgan fingerprint density at radius 3 is 2.21 bits per heavy atom. The zero-order chi connectivity index (χ0) is 10.3. The minimum absolute atomic E-state index is 0.0834. The fourth-order valence-corrected chi connectivity index (χ4v) is 2.33. The van der Waals surface area contributed by atoms with Gasteiger partial charge in [-0.15, -0.1) is 0 Å². The summed E-state index contributed by atoms with van der Waals surface area (Å²) in [6.07, 6.45) is -1.31. The van der Waals surface area contributed by atoms with E-state index < -0.39 is 27.6 Å². The van der Waals surface area contributed by atoms with Gasteiger partial charge in [-0.1, -0.05) is 0 Å². The van der Waals surface area contributed by atoms with Gasteiger partial charge in [-0.05, 0) is 0 Å². The summed E-state index contributed by atoms with van der Waals surface area (Å²) in [5, 5.41) is 17.0. The molecule has 11 heteroatoms. The molecule has 0 aromatic carbocycles. The highest BCUT2D eigenvalue weighted by Crippen LogP contribution is 2.05. The molecule has 0 saturated carbocycles. The Morgan fingerprint density at radius 1 is 1.29 bits per heavy atom. The zero-order valence-electron chi connectivity index (χ0n) is 6.59. The Bertz CT molecular complexity index is 379. The molecule has 10 nitrogen and oxygen atoms in total. The maximum Gasteiger partial charge on any atom is 0.280 e. The van der Waals surface area contributed by atoms with E-state index in [0.29, 0.717) is 0 Å². The molecule has 0 unspecified atom stereocenters. The molecule has 78 valence electrons. The van der Waals surface area contributed by atoms with Gasteiger partial charge in [0.25, 0.3) is 16.2 Å². The molecule has 0 aromatic heterocycles. The van der Waals surface area contributed by atoms with Crippen LogP contribution in [0.15, 0.2) is 5.10 Å². The van der Waals surface area contributed by atoms with Gasteiger partial charge in [-0.25, -0.2) is 10.1 Å². The number of hydrogen-bond donors (Lipinski definition) is 4. The van der Waals surface area contributed by atoms with Gasteiger partial charge in [-0.2, -0.15) is 17.9 Å². The van der Waals surface area contributed by atoms with Crippen molar-refractivity contribution in [2.45, 2.75) is 12.3 Å². The fourth-order valence-electron chi connectivity index (χ4n) is 1.21. The van der Waals surface area contributed by atoms with Crippen molar-refractivity contribution in [1.29, 1.82) is 0 Å². The number of hydrogen-bond acceptors (Lipinski definition) is 4. The Morgan fingerprint density at radius 2 is 1.79 bits per heavy atom. The van der Waals surface area contributed by atoms with Gasteiger partial charge in [0.15, 0.2) is 5.03 Å². The predicted octanol–water partition coefficient (Wildman–Crippen LogP) is -3.18. The van der Waals surface area contributed by atoms with Crippen molar-refractivity contribution in [3.05, 3.63) is 10.1 Å². The van der Waals surface area contributed by atoms with Gasteiger partial charge in [0, 0.05) is 0 Å². The van der Waals surface area contributed by atoms with Crippen LogP contribution in [0.5, 0.6) is 0 Å². The van der Waals surface area contributed by atoms with Crippen molar-refractivity contribution >= 4 is 16.2 Å². The van der Waals surface area contributed by atoms with Gasteiger partial charge in [0.05, 0.1) is 0 Å². The minimum Gasteiger partial charge on any atom is -0.331 e. The second kappa shape index (κ2) is 2.76. The second-order valence-electron chi connectivity index (χ2n) is 2.67. The zero-order valence-corrected chi connectivity index (χ0v) is 7.41. The summed E-state index contributed by atoms with van der Waals surface area (Å²) in [6, 6.07) is 0. The lowest BCUT2D eigenvalue weighted by atomic mass is 10.4. The van der Waals surface area contributed by atoms with Gasteiger partial charge in [0.1, 0.15) is 17.4 Å². The molecule has 2 saturated heterocycles. The van der Waals surface area contributed by atoms with Crippen LogP contribution in [-0.2, 0) is 10.2 Å². The van der Waals surface area contributed by atoms with Crippen LogP contribution in [0.25, 0.3) is 0 Å². The fraction of sp³-hybridized carbons (Fsp3) is 0.667. The topological polar surface area (TPSA) is 138 Å². The second-order valence-corrected chi connectivity index (χ2v) is 4.15. The highest BCUT2D eigenvalue weighted by Gasteiger charge is 2.42. The summed E-state index contributed by atoms with van der Waals surface area (Å²) < 4.78 is 26.2. The number of fused-ring (bicyclic) bond motifs is 1. The third-order valence-electron chi connectivity index (χ3n) is 1.66. The molecular weight excluding hydrogens is 216 g/mol. The van der Waals surface area contributed by atoms with Crippen molar-refractivity contribution < 1.29 is 13.5 Å². The molecule has 0 aliphatic carbocycles. The smallest absolute Gasteiger partial charge is 0.280 e. The summed E-state index contributed by atoms with van der Waals surface area (Å²) in [5.74, 6) is -0.0834. The lowest BCUT2D eigenvalue weighted by Gasteiger charge is -2.01. The van der Waals surface area contributed by atoms with Crippen LogP contribution in [0.4, 0.5) is 0 Å². The van der Waals surface area contributed by atoms with E-state index in [1.807, 2.05) is 0 Å². The van der Waals surface area contributed by atoms with E-state index in [4.69, 9.17) is 0 Å². The van der Waals surface area contributed by atoms with E-state index in [1.54, 1.807) is 0 Å². The van der Waals surface area contributed by atoms with E-state index in [-0.39, 0.29) is 5.96 Å². The SMILES string of the molecule is O=[N+]([O-])N=C1N[C@H]2NS(=O)(=O)N[C@@H]2N1. The summed E-state index contributed by atoms with van der Waals surface area (Å²) in [5.41, 5.74) is 0. The maximum atomic E-state index is 10.9. The number of nitrogens with one attached hydrogen (secondary N) is 4. The van der Waals surface area contributed by atoms with Crippen LogP contribution >= 0.6 is 0 Å². The summed E-state index contributed by atoms with van der Waals surface area (Å²) in [4.78, 5) is 9.98. The van der Waals surface area contributed by atoms with Crippen molar-refractivity contribution in [3.8, 4) is 0 Å². The number of hydrazone groups is 1. The molecule has 0 radical (unpaired) electrons. The van der Waals surface area contributed by atoms with Crippen molar-refractivity contribution in [3.63, 3.8) is 0 Å². The molecule has 14 heavy (non-hydrogen) atoms. The van der Waals surface area contributed by atoms with Crippen molar-refractivity contribution in [2.24, 2.45) is 5.10 Å².